The Morgan fingerprint density at radius 3 is 2.26 bits per heavy atom. The van der Waals surface area contributed by atoms with Crippen LogP contribution in [0.15, 0.2) is 42.5 Å². The Morgan fingerprint density at radius 1 is 1.00 bits per heavy atom. The maximum Gasteiger partial charge on any atom is 0.328 e. The fourth-order valence-corrected chi connectivity index (χ4v) is 6.60. The molecule has 1 aromatic heterocycles. The van der Waals surface area contributed by atoms with E-state index in [4.69, 9.17) is 4.74 Å². The van der Waals surface area contributed by atoms with Gasteiger partial charge in [-0.25, -0.2) is 13.6 Å². The molecule has 1 amide bonds. The van der Waals surface area contributed by atoms with Gasteiger partial charge in [0.15, 0.2) is 0 Å². The molecule has 2 fully saturated rings. The third kappa shape index (κ3) is 5.19. The van der Waals surface area contributed by atoms with Gasteiger partial charge in [0.25, 0.3) is 0 Å². The number of hydrogen-bond donors (Lipinski definition) is 1. The van der Waals surface area contributed by atoms with Crippen LogP contribution in [0.25, 0.3) is 10.9 Å². The van der Waals surface area contributed by atoms with Crippen LogP contribution >= 0.6 is 0 Å². The molecule has 1 aliphatic carbocycles. The minimum Gasteiger partial charge on any atom is -0.481 e. The number of aromatic nitrogens is 1. The van der Waals surface area contributed by atoms with Crippen LogP contribution in [-0.2, 0) is 21.4 Å². The van der Waals surface area contributed by atoms with Crippen molar-refractivity contribution in [3.05, 3.63) is 70.9 Å². The van der Waals surface area contributed by atoms with Crippen LogP contribution in [0.1, 0.15) is 62.3 Å². The van der Waals surface area contributed by atoms with E-state index in [2.05, 4.69) is 0 Å². The van der Waals surface area contributed by atoms with Crippen molar-refractivity contribution in [3.8, 4) is 0 Å². The summed E-state index contributed by atoms with van der Waals surface area (Å²) in [5.41, 5.74) is 1.77. The molecule has 0 bridgehead atoms. The molecule has 1 saturated carbocycles. The summed E-state index contributed by atoms with van der Waals surface area (Å²) in [7, 11) is 0. The minimum atomic E-state index is -1.18. The van der Waals surface area contributed by atoms with Gasteiger partial charge in [0, 0.05) is 30.8 Å². The molecule has 0 atom stereocenters. The lowest BCUT2D eigenvalue weighted by Gasteiger charge is -2.39. The zero-order valence-corrected chi connectivity index (χ0v) is 22.6. The Bertz CT molecular complexity index is 1350. The fourth-order valence-electron chi connectivity index (χ4n) is 6.60. The van der Waals surface area contributed by atoms with Crippen LogP contribution in [0.4, 0.5) is 13.6 Å². The second-order valence-corrected chi connectivity index (χ2v) is 11.0. The number of nitrogens with zero attached hydrogens (tertiary/aromatic N) is 2. The molecule has 2 aromatic carbocycles. The molecular weight excluding hydrogens is 502 g/mol. The topological polar surface area (TPSA) is 71.8 Å². The fraction of sp³-hybridized carbons (Fsp3) is 0.484. The Balaban J connectivity index is 1.39. The first-order chi connectivity index (χ1) is 18.7. The normalized spacial score (nSPS) is 21.3. The first kappa shape index (κ1) is 27.3. The van der Waals surface area contributed by atoms with Crippen LogP contribution < -0.4 is 0 Å². The Hall–Kier alpha value is -3.26. The summed E-state index contributed by atoms with van der Waals surface area (Å²) in [4.78, 5) is 27.9. The number of carbonyl (C=O) groups is 2. The molecule has 2 heterocycles. The lowest BCUT2D eigenvalue weighted by atomic mass is 9.73. The van der Waals surface area contributed by atoms with E-state index in [9.17, 15) is 23.5 Å². The number of amides is 1. The zero-order chi connectivity index (χ0) is 27.7. The summed E-state index contributed by atoms with van der Waals surface area (Å²) >= 11 is 0. The van der Waals surface area contributed by atoms with Gasteiger partial charge in [0.05, 0.1) is 17.0 Å². The van der Waals surface area contributed by atoms with Crippen molar-refractivity contribution in [2.45, 2.75) is 70.3 Å². The van der Waals surface area contributed by atoms with Gasteiger partial charge in [-0.1, -0.05) is 12.1 Å². The van der Waals surface area contributed by atoms with Crippen LogP contribution in [0.2, 0.25) is 0 Å². The highest BCUT2D eigenvalue weighted by Gasteiger charge is 2.44. The lowest BCUT2D eigenvalue weighted by Crippen LogP contribution is -2.50. The smallest absolute Gasteiger partial charge is 0.328 e. The molecule has 0 radical (unpaired) electrons. The molecule has 3 aromatic rings. The van der Waals surface area contributed by atoms with Crippen molar-refractivity contribution in [2.24, 2.45) is 5.92 Å². The third-order valence-electron chi connectivity index (χ3n) is 8.87. The summed E-state index contributed by atoms with van der Waals surface area (Å²) in [6.45, 7) is 5.12. The molecule has 1 saturated heterocycles. The highest BCUT2D eigenvalue weighted by molar-refractivity contribution is 5.95. The predicted molar refractivity (Wildman–Crippen MR) is 145 cm³/mol. The van der Waals surface area contributed by atoms with Gasteiger partial charge in [-0.05, 0) is 106 Å². The Labute approximate surface area is 227 Å². The quantitative estimate of drug-likeness (QED) is 0.391. The summed E-state index contributed by atoms with van der Waals surface area (Å²) < 4.78 is 35.3. The molecule has 0 unspecified atom stereocenters. The monoisotopic (exact) mass is 538 g/mol. The van der Waals surface area contributed by atoms with E-state index in [1.54, 1.807) is 15.5 Å². The molecule has 39 heavy (non-hydrogen) atoms. The van der Waals surface area contributed by atoms with Crippen molar-refractivity contribution in [3.63, 3.8) is 0 Å². The van der Waals surface area contributed by atoms with E-state index in [0.717, 1.165) is 55.4 Å². The largest absolute Gasteiger partial charge is 0.481 e. The van der Waals surface area contributed by atoms with Crippen LogP contribution in [0.3, 0.4) is 0 Å². The van der Waals surface area contributed by atoms with Gasteiger partial charge in [-0.3, -0.25) is 9.36 Å². The van der Waals surface area contributed by atoms with Crippen molar-refractivity contribution >= 4 is 22.9 Å². The molecule has 208 valence electrons. The van der Waals surface area contributed by atoms with Crippen molar-refractivity contribution in [2.75, 3.05) is 19.7 Å². The van der Waals surface area contributed by atoms with E-state index in [1.165, 1.54) is 36.4 Å². The predicted octanol–water partition coefficient (Wildman–Crippen LogP) is 6.45. The summed E-state index contributed by atoms with van der Waals surface area (Å²) in [5, 5.41) is 11.0. The molecule has 1 N–H and O–H groups in total. The number of carboxylic acids is 1. The average Bonchev–Trinajstić information content (AvgIpc) is 3.19. The van der Waals surface area contributed by atoms with Gasteiger partial charge in [0.1, 0.15) is 11.6 Å². The highest BCUT2D eigenvalue weighted by atomic mass is 19.1. The van der Waals surface area contributed by atoms with E-state index in [-0.39, 0.29) is 32.0 Å². The number of hydrogen-bond acceptors (Lipinski definition) is 3. The van der Waals surface area contributed by atoms with Gasteiger partial charge < -0.3 is 14.7 Å². The average molecular weight is 539 g/mol. The standard InChI is InChI=1S/C31H36F2N2O4/c1-3-39-25-11-4-21(5-12-25)18-27-20(2)35(28-19-24(33)10-13-26(27)28)30(38)34-16-14-31(15-17-34,29(36)37)22-6-8-23(32)9-7-22/h6-10,13,19,21,25H,3-5,11-12,14-18H2,1-2H3,(H,36,37). The van der Waals surface area contributed by atoms with Gasteiger partial charge in [0.2, 0.25) is 0 Å². The highest BCUT2D eigenvalue weighted by Crippen LogP contribution is 2.38. The molecule has 0 spiro atoms. The third-order valence-corrected chi connectivity index (χ3v) is 8.87. The van der Waals surface area contributed by atoms with E-state index in [0.29, 0.717) is 23.1 Å². The van der Waals surface area contributed by atoms with E-state index < -0.39 is 23.0 Å². The molecule has 6 nitrogen and oxygen atoms in total. The number of rotatable bonds is 6. The summed E-state index contributed by atoms with van der Waals surface area (Å²) in [6.07, 6.45) is 5.71. The second kappa shape index (κ2) is 11.1. The van der Waals surface area contributed by atoms with Crippen molar-refractivity contribution < 1.29 is 28.2 Å². The van der Waals surface area contributed by atoms with Crippen LogP contribution in [-0.4, -0.2) is 52.4 Å². The minimum absolute atomic E-state index is 0.211. The molecule has 5 rings (SSSR count). The van der Waals surface area contributed by atoms with Crippen LogP contribution in [0.5, 0.6) is 0 Å². The first-order valence-corrected chi connectivity index (χ1v) is 13.9. The number of likely N-dealkylation sites (tertiary alicyclic amines) is 1. The van der Waals surface area contributed by atoms with Crippen LogP contribution in [0, 0.1) is 24.5 Å². The summed E-state index contributed by atoms with van der Waals surface area (Å²) in [6, 6.07) is 9.92. The SMILES string of the molecule is CCOC1CCC(Cc2c(C)n(C(=O)N3CCC(C(=O)O)(c4ccc(F)cc4)CC3)c3cc(F)ccc23)CC1. The number of piperidine rings is 1. The number of fused-ring (bicyclic) bond motifs is 1. The van der Waals surface area contributed by atoms with Gasteiger partial charge >= 0.3 is 12.0 Å². The maximum absolute atomic E-state index is 14.4. The first-order valence-electron chi connectivity index (χ1n) is 13.9. The van der Waals surface area contributed by atoms with Crippen molar-refractivity contribution in [1.82, 2.24) is 9.47 Å². The number of aliphatic carboxylic acids is 1. The lowest BCUT2D eigenvalue weighted by molar-refractivity contribution is -0.145. The van der Waals surface area contributed by atoms with Gasteiger partial charge in [-0.2, -0.15) is 0 Å². The van der Waals surface area contributed by atoms with Crippen molar-refractivity contribution in [1.29, 1.82) is 0 Å². The number of ether oxygens (including phenoxy) is 1. The van der Waals surface area contributed by atoms with E-state index in [1.807, 2.05) is 13.8 Å². The molecule has 2 aliphatic rings. The Morgan fingerprint density at radius 2 is 1.64 bits per heavy atom. The summed E-state index contributed by atoms with van der Waals surface area (Å²) in [5.74, 6) is -1.33. The number of carbonyl (C=O) groups excluding carboxylic acids is 1. The second-order valence-electron chi connectivity index (χ2n) is 11.0. The Kier molecular flexibility index (Phi) is 7.76. The zero-order valence-electron chi connectivity index (χ0n) is 22.6. The number of benzene rings is 2. The van der Waals surface area contributed by atoms with E-state index >= 15 is 0 Å². The maximum atomic E-state index is 14.4. The molecular formula is C31H36F2N2O4. The number of halogens is 2. The number of carboxylic acid groups (broad SMARTS) is 1. The van der Waals surface area contributed by atoms with Gasteiger partial charge in [-0.15, -0.1) is 0 Å². The molecule has 8 heteroatoms. The molecule has 1 aliphatic heterocycles.